The molecule has 0 saturated carbocycles. The summed E-state index contributed by atoms with van der Waals surface area (Å²) in [7, 11) is -8.89. The molecule has 1 aromatic carbocycles. The highest BCUT2D eigenvalue weighted by molar-refractivity contribution is 7.92. The Morgan fingerprint density at radius 3 is 2.67 bits per heavy atom. The Labute approximate surface area is 206 Å². The molecule has 190 valence electrons. The summed E-state index contributed by atoms with van der Waals surface area (Å²) in [4.78, 5) is 7.36. The molecule has 3 aromatic rings. The van der Waals surface area contributed by atoms with Crippen LogP contribution in [0.2, 0.25) is 0 Å². The van der Waals surface area contributed by atoms with Crippen molar-refractivity contribution in [2.24, 2.45) is 26.1 Å². The zero-order chi connectivity index (χ0) is 25.5. The van der Waals surface area contributed by atoms with Gasteiger partial charge in [-0.15, -0.1) is 10.2 Å². The van der Waals surface area contributed by atoms with Gasteiger partial charge in [-0.05, 0) is 30.7 Å². The van der Waals surface area contributed by atoms with Crippen molar-refractivity contribution in [3.05, 3.63) is 30.0 Å². The second kappa shape index (κ2) is 9.34. The molecular formula is C19H23N11O4S2. The molecule has 15 nitrogen and oxygen atoms in total. The van der Waals surface area contributed by atoms with Crippen molar-refractivity contribution in [2.75, 3.05) is 26.3 Å². The van der Waals surface area contributed by atoms with Gasteiger partial charge < -0.3 is 11.1 Å². The maximum absolute atomic E-state index is 13.4. The zero-order valence-electron chi connectivity index (χ0n) is 18.9. The number of primary sulfonamides is 1. The van der Waals surface area contributed by atoms with Crippen molar-refractivity contribution in [2.45, 2.75) is 28.8 Å². The number of hydrogen-bond acceptors (Lipinski definition) is 12. The Morgan fingerprint density at radius 1 is 1.17 bits per heavy atom. The van der Waals surface area contributed by atoms with Gasteiger partial charge in [0.15, 0.2) is 18.2 Å². The summed E-state index contributed by atoms with van der Waals surface area (Å²) in [5, 5.41) is 24.7. The summed E-state index contributed by atoms with van der Waals surface area (Å²) in [5.41, 5.74) is 7.05. The van der Waals surface area contributed by atoms with Crippen molar-refractivity contribution in [1.82, 2.24) is 30.0 Å². The second-order valence-corrected chi connectivity index (χ2v) is 11.3. The number of nitrogens with zero attached hydrogens (tertiary/aromatic N) is 7. The Kier molecular flexibility index (Phi) is 6.35. The second-order valence-electron chi connectivity index (χ2n) is 8.17. The van der Waals surface area contributed by atoms with Crippen LogP contribution in [-0.4, -0.2) is 75.0 Å². The molecule has 6 N–H and O–H groups in total. The van der Waals surface area contributed by atoms with Gasteiger partial charge in [0.05, 0.1) is 12.1 Å². The first-order valence-corrected chi connectivity index (χ1v) is 14.0. The molecule has 1 saturated heterocycles. The fourth-order valence-corrected chi connectivity index (χ4v) is 7.13. The minimum absolute atomic E-state index is 0.0414. The van der Waals surface area contributed by atoms with Crippen LogP contribution in [0.3, 0.4) is 0 Å². The highest BCUT2D eigenvalue weighted by Gasteiger charge is 2.34. The van der Waals surface area contributed by atoms with E-state index in [1.807, 2.05) is 0 Å². The van der Waals surface area contributed by atoms with Gasteiger partial charge in [0.2, 0.25) is 20.0 Å². The number of azo groups is 1. The number of sulfonamides is 2. The summed E-state index contributed by atoms with van der Waals surface area (Å²) in [6.07, 6.45) is 2.06. The number of benzene rings is 1. The molecule has 5 rings (SSSR count). The van der Waals surface area contributed by atoms with Gasteiger partial charge >= 0.3 is 0 Å². The van der Waals surface area contributed by atoms with E-state index in [4.69, 9.17) is 10.9 Å². The first-order valence-electron chi connectivity index (χ1n) is 10.9. The van der Waals surface area contributed by atoms with E-state index in [2.05, 4.69) is 40.6 Å². The topological polar surface area (TPSA) is 225 Å². The molecule has 0 amide bonds. The standard InChI is InChI=1S/C19H23N11O4S2/c20-5-8-30-19-16(26-29-30)13(4-7-23-19)12-1-2-14(36(33,34)28-11-3-6-22-9-11)17(35(21,31)32)15(12)18-24-10-25-27-18/h1-2,4,7,11,22,28H,3,5-6,8-10,20H2,(H2,21,31,32)/t11-/m1/s1. The van der Waals surface area contributed by atoms with Crippen LogP contribution in [0.15, 0.2) is 49.4 Å². The summed E-state index contributed by atoms with van der Waals surface area (Å²) in [6, 6.07) is 3.89. The fraction of sp³-hybridized carbons (Fsp3) is 0.368. The van der Waals surface area contributed by atoms with Crippen molar-refractivity contribution in [3.63, 3.8) is 0 Å². The number of fused-ring (bicyclic) bond motifs is 1. The smallest absolute Gasteiger partial charge is 0.242 e. The Morgan fingerprint density at radius 2 is 2.00 bits per heavy atom. The van der Waals surface area contributed by atoms with Crippen molar-refractivity contribution >= 4 is 37.0 Å². The van der Waals surface area contributed by atoms with Crippen LogP contribution in [0, 0.1) is 0 Å². The summed E-state index contributed by atoms with van der Waals surface area (Å²) >= 11 is 0. The summed E-state index contributed by atoms with van der Waals surface area (Å²) in [5.74, 6) is -0.0621. The maximum Gasteiger partial charge on any atom is 0.242 e. The molecule has 0 radical (unpaired) electrons. The minimum Gasteiger partial charge on any atom is -0.329 e. The van der Waals surface area contributed by atoms with Gasteiger partial charge in [-0.1, -0.05) is 11.3 Å². The molecule has 2 aliphatic heterocycles. The molecule has 1 fully saturated rings. The summed E-state index contributed by atoms with van der Waals surface area (Å²) < 4.78 is 56.7. The van der Waals surface area contributed by atoms with E-state index in [-0.39, 0.29) is 23.6 Å². The van der Waals surface area contributed by atoms with Gasteiger partial charge in [0, 0.05) is 30.9 Å². The van der Waals surface area contributed by atoms with E-state index >= 15 is 0 Å². The summed E-state index contributed by atoms with van der Waals surface area (Å²) in [6.45, 7) is 1.68. The van der Waals surface area contributed by atoms with E-state index in [9.17, 15) is 16.8 Å². The lowest BCUT2D eigenvalue weighted by Gasteiger charge is -2.18. The first-order chi connectivity index (χ1) is 17.2. The molecule has 2 aromatic heterocycles. The molecule has 0 aliphatic carbocycles. The third-order valence-corrected chi connectivity index (χ3v) is 8.47. The van der Waals surface area contributed by atoms with Crippen molar-refractivity contribution < 1.29 is 16.8 Å². The van der Waals surface area contributed by atoms with Crippen molar-refractivity contribution in [3.8, 4) is 11.1 Å². The number of nitrogens with two attached hydrogens (primary N) is 2. The average molecular weight is 534 g/mol. The predicted molar refractivity (Wildman–Crippen MR) is 129 cm³/mol. The lowest BCUT2D eigenvalue weighted by molar-refractivity contribution is 0.555. The number of aromatic nitrogens is 4. The Bertz CT molecular complexity index is 1610. The van der Waals surface area contributed by atoms with Gasteiger partial charge in [0.25, 0.3) is 0 Å². The number of pyridine rings is 1. The molecule has 0 unspecified atom stereocenters. The number of nitrogens with one attached hydrogen (secondary N) is 2. The monoisotopic (exact) mass is 533 g/mol. The highest BCUT2D eigenvalue weighted by Crippen LogP contribution is 2.37. The lowest BCUT2D eigenvalue weighted by atomic mass is 9.98. The number of amidine groups is 1. The third-order valence-electron chi connectivity index (χ3n) is 5.78. The third kappa shape index (κ3) is 4.40. The number of aliphatic imine (C=N–C) groups is 1. The SMILES string of the molecule is NCCn1nnc2c(-c3ccc(S(=O)(=O)N[C@@H]4CCNC4)c(S(N)(=O)=O)c3C3=NCN=N3)ccnc21. The van der Waals surface area contributed by atoms with Crippen LogP contribution >= 0.6 is 0 Å². The van der Waals surface area contributed by atoms with Gasteiger partial charge in [0.1, 0.15) is 15.3 Å². The molecule has 1 atom stereocenters. The Balaban J connectivity index is 1.79. The van der Waals surface area contributed by atoms with Crippen LogP contribution in [0.25, 0.3) is 22.3 Å². The van der Waals surface area contributed by atoms with E-state index in [0.29, 0.717) is 49.3 Å². The molecule has 36 heavy (non-hydrogen) atoms. The molecule has 4 heterocycles. The molecule has 0 spiro atoms. The van der Waals surface area contributed by atoms with E-state index < -0.39 is 35.9 Å². The molecular weight excluding hydrogens is 510 g/mol. The van der Waals surface area contributed by atoms with Crippen LogP contribution < -0.4 is 20.9 Å². The normalized spacial score (nSPS) is 18.3. The minimum atomic E-state index is -4.60. The maximum atomic E-state index is 13.4. The van der Waals surface area contributed by atoms with Crippen LogP contribution in [0.4, 0.5) is 0 Å². The fourth-order valence-electron chi connectivity index (χ4n) is 4.26. The average Bonchev–Trinajstić information content (AvgIpc) is 3.60. The van der Waals surface area contributed by atoms with Crippen LogP contribution in [0.5, 0.6) is 0 Å². The van der Waals surface area contributed by atoms with Gasteiger partial charge in [-0.25, -0.2) is 41.4 Å². The van der Waals surface area contributed by atoms with Gasteiger partial charge in [-0.2, -0.15) is 5.11 Å². The first kappa shape index (κ1) is 24.5. The lowest BCUT2D eigenvalue weighted by Crippen LogP contribution is -2.37. The quantitative estimate of drug-likeness (QED) is 0.275. The molecule has 0 bridgehead atoms. The van der Waals surface area contributed by atoms with Crippen LogP contribution in [-0.2, 0) is 26.6 Å². The Hall–Kier alpha value is -3.22. The molecule has 17 heteroatoms. The van der Waals surface area contributed by atoms with E-state index in [0.717, 1.165) is 0 Å². The largest absolute Gasteiger partial charge is 0.329 e. The molecule has 2 aliphatic rings. The van der Waals surface area contributed by atoms with Crippen LogP contribution in [0.1, 0.15) is 12.0 Å². The predicted octanol–water partition coefficient (Wildman–Crippen LogP) is -1.09. The van der Waals surface area contributed by atoms with E-state index in [1.165, 1.54) is 23.0 Å². The highest BCUT2D eigenvalue weighted by atomic mass is 32.2. The number of hydrogen-bond donors (Lipinski definition) is 4. The zero-order valence-corrected chi connectivity index (χ0v) is 20.5. The van der Waals surface area contributed by atoms with Gasteiger partial charge in [-0.3, -0.25) is 0 Å². The number of rotatable bonds is 8. The van der Waals surface area contributed by atoms with E-state index in [1.54, 1.807) is 6.07 Å². The van der Waals surface area contributed by atoms with Crippen molar-refractivity contribution in [1.29, 1.82) is 0 Å².